The third kappa shape index (κ3) is 1.11. The summed E-state index contributed by atoms with van der Waals surface area (Å²) in [5, 5.41) is 2.96. The van der Waals surface area contributed by atoms with Gasteiger partial charge in [-0.05, 0) is 19.3 Å². The Bertz CT molecular complexity index is 116. The van der Waals surface area contributed by atoms with Crippen molar-refractivity contribution in [1.82, 2.24) is 5.32 Å². The van der Waals surface area contributed by atoms with Gasteiger partial charge in [0.2, 0.25) is 0 Å². The normalized spacial score (nSPS) is 19.2. The Balaban J connectivity index is 2.45. The lowest BCUT2D eigenvalue weighted by molar-refractivity contribution is 0.547. The maximum atomic E-state index is 9.94. The van der Waals surface area contributed by atoms with E-state index in [2.05, 4.69) is 5.32 Å². The SMILES string of the molecule is O=C=C1CCCCN1. The van der Waals surface area contributed by atoms with Crippen molar-refractivity contribution in [2.45, 2.75) is 19.3 Å². The summed E-state index contributed by atoms with van der Waals surface area (Å²) in [6.07, 6.45) is 3.21. The van der Waals surface area contributed by atoms with Gasteiger partial charge in [0, 0.05) is 6.54 Å². The van der Waals surface area contributed by atoms with Gasteiger partial charge in [0.1, 0.15) is 5.94 Å². The van der Waals surface area contributed by atoms with E-state index < -0.39 is 0 Å². The van der Waals surface area contributed by atoms with Crippen LogP contribution in [-0.2, 0) is 4.79 Å². The topological polar surface area (TPSA) is 29.1 Å². The molecule has 1 heterocycles. The summed E-state index contributed by atoms with van der Waals surface area (Å²) >= 11 is 0. The number of nitrogens with one attached hydrogen (secondary N) is 1. The van der Waals surface area contributed by atoms with Gasteiger partial charge < -0.3 is 5.32 Å². The minimum Gasteiger partial charge on any atom is -0.379 e. The number of hydrogen-bond acceptors (Lipinski definition) is 2. The average molecular weight is 111 g/mol. The van der Waals surface area contributed by atoms with E-state index in [1.54, 1.807) is 0 Å². The second kappa shape index (κ2) is 2.53. The fourth-order valence-electron chi connectivity index (χ4n) is 0.842. The third-order valence-electron chi connectivity index (χ3n) is 1.32. The number of carbonyl (C=O) groups excluding carboxylic acids is 1. The quantitative estimate of drug-likeness (QED) is 0.460. The molecule has 0 aromatic rings. The van der Waals surface area contributed by atoms with Crippen LogP contribution in [0.4, 0.5) is 0 Å². The molecule has 0 radical (unpaired) electrons. The first-order valence-corrected chi connectivity index (χ1v) is 2.91. The molecule has 1 fully saturated rings. The van der Waals surface area contributed by atoms with Gasteiger partial charge in [-0.25, -0.2) is 4.79 Å². The van der Waals surface area contributed by atoms with Gasteiger partial charge in [-0.2, -0.15) is 0 Å². The zero-order valence-electron chi connectivity index (χ0n) is 4.74. The van der Waals surface area contributed by atoms with Crippen molar-refractivity contribution in [2.24, 2.45) is 0 Å². The van der Waals surface area contributed by atoms with E-state index in [1.165, 1.54) is 6.42 Å². The van der Waals surface area contributed by atoms with Gasteiger partial charge in [0.15, 0.2) is 0 Å². The van der Waals surface area contributed by atoms with Crippen LogP contribution in [0.25, 0.3) is 0 Å². The standard InChI is InChI=1S/C6H9NO/c8-5-6-3-1-2-4-7-6/h7H,1-4H2. The van der Waals surface area contributed by atoms with Crippen molar-refractivity contribution < 1.29 is 4.79 Å². The van der Waals surface area contributed by atoms with Crippen LogP contribution < -0.4 is 5.32 Å². The predicted octanol–water partition coefficient (Wildman–Crippen LogP) is 0.475. The molecular weight excluding hydrogens is 102 g/mol. The van der Waals surface area contributed by atoms with Crippen LogP contribution in [-0.4, -0.2) is 12.5 Å². The smallest absolute Gasteiger partial charge is 0.145 e. The maximum absolute atomic E-state index is 9.94. The molecule has 2 heteroatoms. The molecule has 0 atom stereocenters. The molecular formula is C6H9NO. The number of rotatable bonds is 0. The van der Waals surface area contributed by atoms with E-state index in [1.807, 2.05) is 5.94 Å². The Labute approximate surface area is 48.6 Å². The Morgan fingerprint density at radius 3 is 2.75 bits per heavy atom. The van der Waals surface area contributed by atoms with E-state index >= 15 is 0 Å². The first kappa shape index (κ1) is 5.39. The number of piperidine rings is 1. The Hall–Kier alpha value is -0.750. The van der Waals surface area contributed by atoms with Crippen molar-refractivity contribution >= 4 is 5.94 Å². The van der Waals surface area contributed by atoms with Gasteiger partial charge in [-0.15, -0.1) is 0 Å². The van der Waals surface area contributed by atoms with Crippen LogP contribution in [0, 0.1) is 0 Å². The molecule has 0 amide bonds. The first-order chi connectivity index (χ1) is 3.93. The molecule has 0 aliphatic carbocycles. The molecule has 1 rings (SSSR count). The second-order valence-electron chi connectivity index (χ2n) is 1.96. The van der Waals surface area contributed by atoms with Crippen LogP contribution in [0.2, 0.25) is 0 Å². The van der Waals surface area contributed by atoms with Gasteiger partial charge in [0.05, 0.1) is 5.70 Å². The molecule has 0 saturated carbocycles. The van der Waals surface area contributed by atoms with Crippen molar-refractivity contribution in [3.8, 4) is 0 Å². The predicted molar refractivity (Wildman–Crippen MR) is 31.1 cm³/mol. The fourth-order valence-corrected chi connectivity index (χ4v) is 0.842. The van der Waals surface area contributed by atoms with Crippen molar-refractivity contribution in [2.75, 3.05) is 6.54 Å². The molecule has 8 heavy (non-hydrogen) atoms. The highest BCUT2D eigenvalue weighted by atomic mass is 16.1. The van der Waals surface area contributed by atoms with Crippen LogP contribution in [0.5, 0.6) is 0 Å². The van der Waals surface area contributed by atoms with Crippen LogP contribution in [0.3, 0.4) is 0 Å². The summed E-state index contributed by atoms with van der Waals surface area (Å²) in [6.45, 7) is 0.949. The first-order valence-electron chi connectivity index (χ1n) is 2.91. The zero-order chi connectivity index (χ0) is 5.82. The van der Waals surface area contributed by atoms with E-state index in [0.717, 1.165) is 25.1 Å². The molecule has 1 saturated heterocycles. The molecule has 44 valence electrons. The van der Waals surface area contributed by atoms with Crippen molar-refractivity contribution in [1.29, 1.82) is 0 Å². The summed E-state index contributed by atoms with van der Waals surface area (Å²) in [7, 11) is 0. The van der Waals surface area contributed by atoms with Crippen LogP contribution >= 0.6 is 0 Å². The molecule has 1 N–H and O–H groups in total. The van der Waals surface area contributed by atoms with Crippen molar-refractivity contribution in [3.05, 3.63) is 5.70 Å². The van der Waals surface area contributed by atoms with Gasteiger partial charge in [-0.3, -0.25) is 0 Å². The molecule has 0 spiro atoms. The van der Waals surface area contributed by atoms with E-state index in [-0.39, 0.29) is 0 Å². The molecule has 1 aliphatic rings. The zero-order valence-corrected chi connectivity index (χ0v) is 4.74. The maximum Gasteiger partial charge on any atom is 0.145 e. The monoisotopic (exact) mass is 111 g/mol. The minimum absolute atomic E-state index is 0.747. The number of hydrogen-bond donors (Lipinski definition) is 1. The van der Waals surface area contributed by atoms with Crippen LogP contribution in [0.1, 0.15) is 19.3 Å². The summed E-state index contributed by atoms with van der Waals surface area (Å²) in [5.41, 5.74) is 0.747. The molecule has 2 nitrogen and oxygen atoms in total. The molecule has 0 aromatic heterocycles. The number of allylic oxidation sites excluding steroid dienone is 1. The van der Waals surface area contributed by atoms with Crippen molar-refractivity contribution in [3.63, 3.8) is 0 Å². The largest absolute Gasteiger partial charge is 0.379 e. The summed E-state index contributed by atoms with van der Waals surface area (Å²) in [4.78, 5) is 9.94. The molecule has 0 aromatic carbocycles. The van der Waals surface area contributed by atoms with Crippen LogP contribution in [0.15, 0.2) is 5.70 Å². The summed E-state index contributed by atoms with van der Waals surface area (Å²) in [5.74, 6) is 1.86. The fraction of sp³-hybridized carbons (Fsp3) is 0.667. The Morgan fingerprint density at radius 2 is 2.38 bits per heavy atom. The molecule has 0 unspecified atom stereocenters. The molecule has 0 bridgehead atoms. The van der Waals surface area contributed by atoms with E-state index in [0.29, 0.717) is 0 Å². The molecule has 1 aliphatic heterocycles. The van der Waals surface area contributed by atoms with Gasteiger partial charge in [0.25, 0.3) is 0 Å². The minimum atomic E-state index is 0.747. The third-order valence-corrected chi connectivity index (χ3v) is 1.32. The summed E-state index contributed by atoms with van der Waals surface area (Å²) in [6, 6.07) is 0. The van der Waals surface area contributed by atoms with Gasteiger partial charge >= 0.3 is 0 Å². The second-order valence-corrected chi connectivity index (χ2v) is 1.96. The Kier molecular flexibility index (Phi) is 1.70. The highest BCUT2D eigenvalue weighted by Crippen LogP contribution is 2.05. The average Bonchev–Trinajstić information content (AvgIpc) is 1.90. The highest BCUT2D eigenvalue weighted by molar-refractivity contribution is 5.51. The summed E-state index contributed by atoms with van der Waals surface area (Å²) < 4.78 is 0. The lowest BCUT2D eigenvalue weighted by atomic mass is 10.1. The lowest BCUT2D eigenvalue weighted by Crippen LogP contribution is -2.19. The highest BCUT2D eigenvalue weighted by Gasteiger charge is 2.02. The Morgan fingerprint density at radius 1 is 1.50 bits per heavy atom. The lowest BCUT2D eigenvalue weighted by Gasteiger charge is -2.11. The van der Waals surface area contributed by atoms with Gasteiger partial charge in [-0.1, -0.05) is 0 Å². The van der Waals surface area contributed by atoms with E-state index in [4.69, 9.17) is 0 Å². The van der Waals surface area contributed by atoms with E-state index in [9.17, 15) is 4.79 Å².